The van der Waals surface area contributed by atoms with Crippen molar-refractivity contribution in [3.63, 3.8) is 0 Å². The molecule has 130 valence electrons. The molecule has 0 heterocycles. The van der Waals surface area contributed by atoms with Crippen molar-refractivity contribution in [2.45, 2.75) is 25.9 Å². The van der Waals surface area contributed by atoms with Crippen molar-refractivity contribution >= 4 is 33.2 Å². The molecule has 0 unspecified atom stereocenters. The number of nitrogens with one attached hydrogen (secondary N) is 2. The van der Waals surface area contributed by atoms with Crippen LogP contribution < -0.4 is 10.0 Å². The maximum atomic E-state index is 12.7. The van der Waals surface area contributed by atoms with Crippen LogP contribution in [-0.4, -0.2) is 26.6 Å². The number of anilines is 1. The predicted octanol–water partition coefficient (Wildman–Crippen LogP) is 3.02. The molecule has 1 aromatic rings. The smallest absolute Gasteiger partial charge is 0.325 e. The van der Waals surface area contributed by atoms with Gasteiger partial charge in [-0.25, -0.2) is 13.1 Å². The van der Waals surface area contributed by atoms with E-state index in [9.17, 15) is 26.4 Å². The summed E-state index contributed by atoms with van der Waals surface area (Å²) >= 11 is 5.46. The molecule has 0 aromatic heterocycles. The first kappa shape index (κ1) is 19.7. The van der Waals surface area contributed by atoms with E-state index in [1.807, 2.05) is 6.92 Å². The van der Waals surface area contributed by atoms with Gasteiger partial charge in [0, 0.05) is 5.69 Å². The highest BCUT2D eigenvalue weighted by Gasteiger charge is 2.33. The third-order valence-electron chi connectivity index (χ3n) is 2.77. The molecule has 0 spiro atoms. The highest BCUT2D eigenvalue weighted by atomic mass is 35.5. The van der Waals surface area contributed by atoms with Crippen LogP contribution in [0.15, 0.2) is 18.2 Å². The van der Waals surface area contributed by atoms with Gasteiger partial charge in [-0.2, -0.15) is 13.2 Å². The maximum absolute atomic E-state index is 12.7. The lowest BCUT2D eigenvalue weighted by Crippen LogP contribution is -2.34. The van der Waals surface area contributed by atoms with Crippen molar-refractivity contribution in [2.24, 2.45) is 0 Å². The van der Waals surface area contributed by atoms with Crippen LogP contribution in [0.3, 0.4) is 0 Å². The van der Waals surface area contributed by atoms with Crippen LogP contribution in [0.1, 0.15) is 25.3 Å². The molecule has 0 radical (unpaired) electrons. The molecule has 0 aliphatic rings. The number of rotatable bonds is 7. The SMILES string of the molecule is CCCCS(=O)(=O)NCC(=O)Nc1ccc(Cl)c(C(F)(F)F)c1. The van der Waals surface area contributed by atoms with Gasteiger partial charge in [-0.15, -0.1) is 0 Å². The Kier molecular flexibility index (Phi) is 6.84. The van der Waals surface area contributed by atoms with Crippen LogP contribution >= 0.6 is 11.6 Å². The number of unbranched alkanes of at least 4 members (excludes halogenated alkanes) is 1. The number of amides is 1. The highest BCUT2D eigenvalue weighted by molar-refractivity contribution is 7.89. The van der Waals surface area contributed by atoms with Crippen LogP contribution in [0.5, 0.6) is 0 Å². The van der Waals surface area contributed by atoms with Gasteiger partial charge in [0.05, 0.1) is 22.9 Å². The van der Waals surface area contributed by atoms with Crippen molar-refractivity contribution in [1.29, 1.82) is 0 Å². The summed E-state index contributed by atoms with van der Waals surface area (Å²) in [5.41, 5.74) is -1.21. The summed E-state index contributed by atoms with van der Waals surface area (Å²) in [6, 6.07) is 2.89. The summed E-state index contributed by atoms with van der Waals surface area (Å²) in [6.07, 6.45) is -3.53. The molecule has 0 aliphatic heterocycles. The molecule has 2 N–H and O–H groups in total. The van der Waals surface area contributed by atoms with E-state index in [2.05, 4.69) is 10.0 Å². The van der Waals surface area contributed by atoms with E-state index in [0.717, 1.165) is 6.07 Å². The normalized spacial score (nSPS) is 12.2. The van der Waals surface area contributed by atoms with E-state index >= 15 is 0 Å². The van der Waals surface area contributed by atoms with Crippen molar-refractivity contribution in [3.8, 4) is 0 Å². The highest BCUT2D eigenvalue weighted by Crippen LogP contribution is 2.36. The number of halogens is 4. The van der Waals surface area contributed by atoms with E-state index < -0.39 is 39.2 Å². The van der Waals surface area contributed by atoms with Gasteiger partial charge in [-0.3, -0.25) is 4.79 Å². The van der Waals surface area contributed by atoms with Gasteiger partial charge in [0.1, 0.15) is 0 Å². The number of sulfonamides is 1. The van der Waals surface area contributed by atoms with E-state index in [0.29, 0.717) is 18.9 Å². The number of alkyl halides is 3. The van der Waals surface area contributed by atoms with Crippen LogP contribution in [0.2, 0.25) is 5.02 Å². The predicted molar refractivity (Wildman–Crippen MR) is 81.8 cm³/mol. The Morgan fingerprint density at radius 3 is 2.52 bits per heavy atom. The molecule has 23 heavy (non-hydrogen) atoms. The van der Waals surface area contributed by atoms with E-state index in [4.69, 9.17) is 11.6 Å². The third-order valence-corrected chi connectivity index (χ3v) is 4.51. The molecule has 1 amide bonds. The third kappa shape index (κ3) is 6.76. The number of hydrogen-bond acceptors (Lipinski definition) is 3. The lowest BCUT2D eigenvalue weighted by atomic mass is 10.2. The van der Waals surface area contributed by atoms with Crippen molar-refractivity contribution in [2.75, 3.05) is 17.6 Å². The Hall–Kier alpha value is -1.32. The summed E-state index contributed by atoms with van der Waals surface area (Å²) in [5.74, 6) is -0.892. The zero-order chi connectivity index (χ0) is 17.7. The number of carbonyl (C=O) groups excluding carboxylic acids is 1. The van der Waals surface area contributed by atoms with Crippen molar-refractivity contribution in [1.82, 2.24) is 4.72 Å². The average molecular weight is 373 g/mol. The van der Waals surface area contributed by atoms with E-state index in [1.165, 1.54) is 6.07 Å². The first-order chi connectivity index (χ1) is 10.5. The Balaban J connectivity index is 2.68. The molecule has 0 bridgehead atoms. The van der Waals surface area contributed by atoms with Crippen molar-refractivity contribution in [3.05, 3.63) is 28.8 Å². The van der Waals surface area contributed by atoms with Gasteiger partial charge in [-0.1, -0.05) is 24.9 Å². The Morgan fingerprint density at radius 2 is 1.96 bits per heavy atom. The Morgan fingerprint density at radius 1 is 1.30 bits per heavy atom. The molecule has 1 rings (SSSR count). The summed E-state index contributed by atoms with van der Waals surface area (Å²) in [6.45, 7) is 1.26. The van der Waals surface area contributed by atoms with Gasteiger partial charge in [0.25, 0.3) is 0 Å². The first-order valence-electron chi connectivity index (χ1n) is 6.69. The Bertz CT molecular complexity index is 663. The standard InChI is InChI=1S/C13H16ClF3N2O3S/c1-2-3-6-23(21,22)18-8-12(20)19-9-4-5-11(14)10(7-9)13(15,16)17/h4-5,7,18H,2-3,6,8H2,1H3,(H,19,20). The van der Waals surface area contributed by atoms with Crippen LogP contribution in [0, 0.1) is 0 Å². The summed E-state index contributed by atoms with van der Waals surface area (Å²) < 4.78 is 63.2. The second-order valence-corrected chi connectivity index (χ2v) is 7.07. The first-order valence-corrected chi connectivity index (χ1v) is 8.72. The molecule has 0 saturated carbocycles. The quantitative estimate of drug-likeness (QED) is 0.772. The molecule has 0 aliphatic carbocycles. The molecule has 1 aromatic carbocycles. The zero-order valence-corrected chi connectivity index (χ0v) is 13.8. The number of benzene rings is 1. The van der Waals surface area contributed by atoms with Crippen molar-refractivity contribution < 1.29 is 26.4 Å². The maximum Gasteiger partial charge on any atom is 0.417 e. The summed E-state index contributed by atoms with van der Waals surface area (Å²) in [7, 11) is -3.58. The topological polar surface area (TPSA) is 75.3 Å². The molecular weight excluding hydrogens is 357 g/mol. The molecule has 0 atom stereocenters. The van der Waals surface area contributed by atoms with Gasteiger partial charge in [0.2, 0.25) is 15.9 Å². The fraction of sp³-hybridized carbons (Fsp3) is 0.462. The van der Waals surface area contributed by atoms with Gasteiger partial charge < -0.3 is 5.32 Å². The van der Waals surface area contributed by atoms with E-state index in [-0.39, 0.29) is 11.4 Å². The van der Waals surface area contributed by atoms with Gasteiger partial charge in [-0.05, 0) is 24.6 Å². The minimum Gasteiger partial charge on any atom is -0.325 e. The Labute approximate surface area is 137 Å². The van der Waals surface area contributed by atoms with Crippen LogP contribution in [-0.2, 0) is 21.0 Å². The lowest BCUT2D eigenvalue weighted by molar-refractivity contribution is -0.137. The average Bonchev–Trinajstić information content (AvgIpc) is 2.44. The minimum atomic E-state index is -4.65. The number of carbonyl (C=O) groups is 1. The van der Waals surface area contributed by atoms with Gasteiger partial charge >= 0.3 is 6.18 Å². The zero-order valence-electron chi connectivity index (χ0n) is 12.2. The number of hydrogen-bond donors (Lipinski definition) is 2. The van der Waals surface area contributed by atoms with Crippen LogP contribution in [0.4, 0.5) is 18.9 Å². The summed E-state index contributed by atoms with van der Waals surface area (Å²) in [5, 5.41) is 1.70. The second kappa shape index (κ2) is 7.98. The molecule has 0 saturated heterocycles. The largest absolute Gasteiger partial charge is 0.417 e. The fourth-order valence-electron chi connectivity index (χ4n) is 1.61. The van der Waals surface area contributed by atoms with E-state index in [1.54, 1.807) is 0 Å². The fourth-order valence-corrected chi connectivity index (χ4v) is 3.00. The molecule has 10 heteroatoms. The lowest BCUT2D eigenvalue weighted by Gasteiger charge is -2.12. The summed E-state index contributed by atoms with van der Waals surface area (Å²) in [4.78, 5) is 11.6. The molecule has 0 fully saturated rings. The molecule has 5 nitrogen and oxygen atoms in total. The van der Waals surface area contributed by atoms with Gasteiger partial charge in [0.15, 0.2) is 0 Å². The molecular formula is C13H16ClF3N2O3S. The monoisotopic (exact) mass is 372 g/mol. The van der Waals surface area contributed by atoms with Crippen LogP contribution in [0.25, 0.3) is 0 Å². The minimum absolute atomic E-state index is 0.115. The second-order valence-electron chi connectivity index (χ2n) is 4.73.